The van der Waals surface area contributed by atoms with Gasteiger partial charge in [-0.05, 0) is 44.2 Å². The number of esters is 1. The van der Waals surface area contributed by atoms with Crippen LogP contribution in [0.5, 0.6) is 5.75 Å². The molecule has 0 saturated carbocycles. The minimum absolute atomic E-state index is 0.00195. The van der Waals surface area contributed by atoms with E-state index in [4.69, 9.17) is 9.47 Å². The van der Waals surface area contributed by atoms with Crippen molar-refractivity contribution in [2.45, 2.75) is 31.4 Å². The Balaban J connectivity index is 2.24. The van der Waals surface area contributed by atoms with Crippen LogP contribution in [0.15, 0.2) is 47.5 Å². The molecule has 0 radical (unpaired) electrons. The normalized spacial score (nSPS) is 11.4. The van der Waals surface area contributed by atoms with Crippen LogP contribution < -0.4 is 9.46 Å². The number of benzene rings is 1. The first-order chi connectivity index (χ1) is 11.8. The molecule has 0 aliphatic carbocycles. The number of nitrogens with one attached hydrogen (secondary N) is 1. The fraction of sp³-hybridized carbons (Fsp3) is 0.294. The molecule has 0 bridgehead atoms. The smallest absolute Gasteiger partial charge is 0.338 e. The summed E-state index contributed by atoms with van der Waals surface area (Å²) in [7, 11) is -2.46. The summed E-state index contributed by atoms with van der Waals surface area (Å²) in [5, 5.41) is 0. The van der Waals surface area contributed by atoms with Crippen LogP contribution in [0.4, 0.5) is 0 Å². The highest BCUT2D eigenvalue weighted by Crippen LogP contribution is 2.25. The Bertz CT molecular complexity index is 835. The number of carbonyl (C=O) groups excluding carboxylic acids is 1. The molecule has 134 valence electrons. The van der Waals surface area contributed by atoms with Gasteiger partial charge in [0.2, 0.25) is 10.0 Å². The zero-order chi connectivity index (χ0) is 18.4. The molecule has 25 heavy (non-hydrogen) atoms. The number of methoxy groups -OCH3 is 1. The predicted molar refractivity (Wildman–Crippen MR) is 91.8 cm³/mol. The van der Waals surface area contributed by atoms with Crippen molar-refractivity contribution >= 4 is 16.0 Å². The second-order valence-corrected chi connectivity index (χ2v) is 7.22. The number of nitrogens with zero attached hydrogens (tertiary/aromatic N) is 1. The molecule has 0 fully saturated rings. The molecule has 1 heterocycles. The first-order valence-electron chi connectivity index (χ1n) is 7.61. The Kier molecular flexibility index (Phi) is 6.11. The van der Waals surface area contributed by atoms with E-state index < -0.39 is 16.0 Å². The third-order valence-electron chi connectivity index (χ3n) is 3.16. The quantitative estimate of drug-likeness (QED) is 0.757. The van der Waals surface area contributed by atoms with E-state index in [-0.39, 0.29) is 28.9 Å². The first-order valence-corrected chi connectivity index (χ1v) is 9.09. The summed E-state index contributed by atoms with van der Waals surface area (Å²) >= 11 is 0. The predicted octanol–water partition coefficient (Wildman–Crippen LogP) is 2.13. The average Bonchev–Trinajstić information content (AvgIpc) is 2.59. The van der Waals surface area contributed by atoms with Crippen molar-refractivity contribution < 1.29 is 22.7 Å². The van der Waals surface area contributed by atoms with Gasteiger partial charge in [0, 0.05) is 12.2 Å². The molecule has 1 N–H and O–H groups in total. The van der Waals surface area contributed by atoms with E-state index in [1.165, 1.54) is 25.3 Å². The number of hydrogen-bond acceptors (Lipinski definition) is 6. The van der Waals surface area contributed by atoms with Gasteiger partial charge in [0.1, 0.15) is 17.3 Å². The second-order valence-electron chi connectivity index (χ2n) is 5.54. The summed E-state index contributed by atoms with van der Waals surface area (Å²) < 4.78 is 37.6. The minimum Gasteiger partial charge on any atom is -0.495 e. The van der Waals surface area contributed by atoms with Crippen molar-refractivity contribution in [3.8, 4) is 5.75 Å². The van der Waals surface area contributed by atoms with Crippen LogP contribution in [0.2, 0.25) is 0 Å². The summed E-state index contributed by atoms with van der Waals surface area (Å²) in [5.41, 5.74) is 0.708. The van der Waals surface area contributed by atoms with E-state index in [1.807, 2.05) is 0 Å². The van der Waals surface area contributed by atoms with Crippen LogP contribution in [-0.2, 0) is 21.4 Å². The molecule has 0 unspecified atom stereocenters. The van der Waals surface area contributed by atoms with E-state index in [0.29, 0.717) is 5.69 Å². The van der Waals surface area contributed by atoms with Crippen LogP contribution in [0.1, 0.15) is 29.9 Å². The Labute approximate surface area is 147 Å². The van der Waals surface area contributed by atoms with Crippen LogP contribution in [0, 0.1) is 0 Å². The van der Waals surface area contributed by atoms with Crippen molar-refractivity contribution in [3.63, 3.8) is 0 Å². The summed E-state index contributed by atoms with van der Waals surface area (Å²) in [6, 6.07) is 9.09. The van der Waals surface area contributed by atoms with Gasteiger partial charge in [0.25, 0.3) is 0 Å². The van der Waals surface area contributed by atoms with Gasteiger partial charge in [-0.25, -0.2) is 17.9 Å². The Morgan fingerprint density at radius 3 is 2.60 bits per heavy atom. The molecule has 1 aromatic heterocycles. The highest BCUT2D eigenvalue weighted by atomic mass is 32.2. The van der Waals surface area contributed by atoms with Gasteiger partial charge in [-0.15, -0.1) is 0 Å². The van der Waals surface area contributed by atoms with Gasteiger partial charge < -0.3 is 9.47 Å². The summed E-state index contributed by atoms with van der Waals surface area (Å²) in [5.74, 6) is -0.497. The van der Waals surface area contributed by atoms with Crippen LogP contribution in [0.25, 0.3) is 0 Å². The maximum Gasteiger partial charge on any atom is 0.338 e. The molecule has 0 aliphatic rings. The standard InChI is InChI=1S/C17H20N2O5S/c1-12(2)19-25(21,22)16-10-13(7-8-15(16)23-3)17(20)24-11-14-6-4-5-9-18-14/h4-10,12,19H,11H2,1-3H3. The number of hydrogen-bond donors (Lipinski definition) is 1. The molecule has 0 spiro atoms. The van der Waals surface area contributed by atoms with Crippen molar-refractivity contribution in [1.29, 1.82) is 0 Å². The highest BCUT2D eigenvalue weighted by Gasteiger charge is 2.23. The van der Waals surface area contributed by atoms with Gasteiger partial charge in [0.15, 0.2) is 0 Å². The van der Waals surface area contributed by atoms with Crippen LogP contribution >= 0.6 is 0 Å². The van der Waals surface area contributed by atoms with Gasteiger partial charge in [-0.1, -0.05) is 6.07 Å². The van der Waals surface area contributed by atoms with E-state index in [1.54, 1.807) is 38.2 Å². The molecular formula is C17H20N2O5S. The number of pyridine rings is 1. The third-order valence-corrected chi connectivity index (χ3v) is 4.84. The van der Waals surface area contributed by atoms with Crippen molar-refractivity contribution in [2.75, 3.05) is 7.11 Å². The number of rotatable bonds is 7. The zero-order valence-corrected chi connectivity index (χ0v) is 15.0. The maximum atomic E-state index is 12.4. The second kappa shape index (κ2) is 8.09. The molecule has 0 aliphatic heterocycles. The van der Waals surface area contributed by atoms with Gasteiger partial charge in [-0.2, -0.15) is 0 Å². The highest BCUT2D eigenvalue weighted by molar-refractivity contribution is 7.89. The van der Waals surface area contributed by atoms with E-state index in [9.17, 15) is 13.2 Å². The zero-order valence-electron chi connectivity index (χ0n) is 14.2. The summed E-state index contributed by atoms with van der Waals surface area (Å²) in [4.78, 5) is 16.2. The summed E-state index contributed by atoms with van der Waals surface area (Å²) in [6.45, 7) is 3.40. The Morgan fingerprint density at radius 2 is 2.00 bits per heavy atom. The van der Waals surface area contributed by atoms with Crippen molar-refractivity contribution in [1.82, 2.24) is 9.71 Å². The Morgan fingerprint density at radius 1 is 1.24 bits per heavy atom. The molecule has 8 heteroatoms. The molecule has 7 nitrogen and oxygen atoms in total. The largest absolute Gasteiger partial charge is 0.495 e. The van der Waals surface area contributed by atoms with E-state index >= 15 is 0 Å². The van der Waals surface area contributed by atoms with Gasteiger partial charge >= 0.3 is 5.97 Å². The molecular weight excluding hydrogens is 344 g/mol. The average molecular weight is 364 g/mol. The number of ether oxygens (including phenoxy) is 2. The van der Waals surface area contributed by atoms with Gasteiger partial charge in [0.05, 0.1) is 18.4 Å². The maximum absolute atomic E-state index is 12.4. The minimum atomic E-state index is -3.82. The Hall–Kier alpha value is -2.45. The van der Waals surface area contributed by atoms with Crippen molar-refractivity contribution in [2.24, 2.45) is 0 Å². The molecule has 1 aromatic carbocycles. The number of carbonyl (C=O) groups is 1. The topological polar surface area (TPSA) is 94.6 Å². The fourth-order valence-corrected chi connectivity index (χ4v) is 3.54. The van der Waals surface area contributed by atoms with E-state index in [2.05, 4.69) is 9.71 Å². The molecule has 0 amide bonds. The lowest BCUT2D eigenvalue weighted by atomic mass is 10.2. The van der Waals surface area contributed by atoms with Crippen LogP contribution in [0.3, 0.4) is 0 Å². The lowest BCUT2D eigenvalue weighted by Crippen LogP contribution is -2.30. The molecule has 2 rings (SSSR count). The third kappa shape index (κ3) is 5.01. The van der Waals surface area contributed by atoms with Crippen molar-refractivity contribution in [3.05, 3.63) is 53.9 Å². The summed E-state index contributed by atoms with van der Waals surface area (Å²) in [6.07, 6.45) is 1.60. The molecule has 0 atom stereocenters. The lowest BCUT2D eigenvalue weighted by Gasteiger charge is -2.14. The number of aromatic nitrogens is 1. The van der Waals surface area contributed by atoms with E-state index in [0.717, 1.165) is 0 Å². The SMILES string of the molecule is COc1ccc(C(=O)OCc2ccccn2)cc1S(=O)(=O)NC(C)C. The van der Waals surface area contributed by atoms with Gasteiger partial charge in [-0.3, -0.25) is 4.98 Å². The molecule has 0 saturated heterocycles. The lowest BCUT2D eigenvalue weighted by molar-refractivity contribution is 0.0467. The number of sulfonamides is 1. The molecule has 2 aromatic rings. The first kappa shape index (κ1) is 18.9. The van der Waals surface area contributed by atoms with Crippen LogP contribution in [-0.4, -0.2) is 32.5 Å². The monoisotopic (exact) mass is 364 g/mol. The fourth-order valence-electron chi connectivity index (χ4n) is 2.09.